The number of halogens is 1. The molecular weight excluding hydrogens is 202 g/mol. The van der Waals surface area contributed by atoms with E-state index in [2.05, 4.69) is 4.65 Å². The van der Waals surface area contributed by atoms with Crippen molar-refractivity contribution in [3.05, 3.63) is 24.0 Å². The van der Waals surface area contributed by atoms with Crippen LogP contribution in [0.25, 0.3) is 0 Å². The maximum Gasteiger partial charge on any atom is 0.707 e. The highest BCUT2D eigenvalue weighted by molar-refractivity contribution is 6.33. The van der Waals surface area contributed by atoms with Crippen LogP contribution in [0.2, 0.25) is 0 Å². The second kappa shape index (κ2) is 5.00. The van der Waals surface area contributed by atoms with Crippen molar-refractivity contribution in [3.8, 4) is 11.5 Å². The number of hydrogen-bond acceptors (Lipinski definition) is 4. The van der Waals surface area contributed by atoms with Gasteiger partial charge < -0.3 is 19.4 Å². The molecule has 0 saturated heterocycles. The Hall–Kier alpha value is -1.27. The molecular formula is C9H12BFO4. The van der Waals surface area contributed by atoms with E-state index in [0.29, 0.717) is 0 Å². The molecule has 1 rings (SSSR count). The lowest BCUT2D eigenvalue weighted by Crippen LogP contribution is -2.20. The topological polar surface area (TPSA) is 58.9 Å². The molecule has 0 aliphatic rings. The smallest absolute Gasteiger partial charge is 0.512 e. The van der Waals surface area contributed by atoms with Gasteiger partial charge in [0.05, 0.1) is 6.10 Å². The van der Waals surface area contributed by atoms with Crippen LogP contribution in [-0.4, -0.2) is 23.5 Å². The number of ether oxygens (including phenoxy) is 1. The highest BCUT2D eigenvalue weighted by Crippen LogP contribution is 2.23. The third kappa shape index (κ3) is 3.77. The lowest BCUT2D eigenvalue weighted by Gasteiger charge is -2.11. The third-order valence-corrected chi connectivity index (χ3v) is 1.51. The molecule has 82 valence electrons. The number of hydrogen-bond donors (Lipinski definition) is 2. The Bertz CT molecular complexity index is 330. The Morgan fingerprint density at radius 3 is 2.47 bits per heavy atom. The van der Waals surface area contributed by atoms with Crippen LogP contribution >= 0.6 is 0 Å². The van der Waals surface area contributed by atoms with Gasteiger partial charge in [0, 0.05) is 6.07 Å². The summed E-state index contributed by atoms with van der Waals surface area (Å²) >= 11 is 0. The molecule has 0 amide bonds. The van der Waals surface area contributed by atoms with Crippen LogP contribution in [0.4, 0.5) is 4.39 Å². The molecule has 0 spiro atoms. The fourth-order valence-corrected chi connectivity index (χ4v) is 1.03. The van der Waals surface area contributed by atoms with Gasteiger partial charge in [0.2, 0.25) is 0 Å². The van der Waals surface area contributed by atoms with Crippen molar-refractivity contribution in [1.29, 1.82) is 0 Å². The fraction of sp³-hybridized carbons (Fsp3) is 0.333. The average Bonchev–Trinajstić information content (AvgIpc) is 2.08. The Morgan fingerprint density at radius 1 is 1.33 bits per heavy atom. The van der Waals surface area contributed by atoms with Gasteiger partial charge >= 0.3 is 7.32 Å². The molecule has 0 fully saturated rings. The molecule has 15 heavy (non-hydrogen) atoms. The third-order valence-electron chi connectivity index (χ3n) is 1.51. The van der Waals surface area contributed by atoms with Gasteiger partial charge in [0.15, 0.2) is 11.6 Å². The van der Waals surface area contributed by atoms with Gasteiger partial charge in [-0.15, -0.1) is 0 Å². The molecule has 0 bridgehead atoms. The first-order valence-electron chi connectivity index (χ1n) is 4.48. The second-order valence-electron chi connectivity index (χ2n) is 3.20. The summed E-state index contributed by atoms with van der Waals surface area (Å²) in [7, 11) is -1.96. The van der Waals surface area contributed by atoms with E-state index in [1.54, 1.807) is 13.8 Å². The SMILES string of the molecule is CC(C)Oc1ccc(OB(O)O)cc1F. The number of benzene rings is 1. The summed E-state index contributed by atoms with van der Waals surface area (Å²) in [5.74, 6) is -0.481. The van der Waals surface area contributed by atoms with Crippen LogP contribution in [0.1, 0.15) is 13.8 Å². The van der Waals surface area contributed by atoms with Gasteiger partial charge in [-0.2, -0.15) is 0 Å². The van der Waals surface area contributed by atoms with Crippen LogP contribution < -0.4 is 9.39 Å². The zero-order chi connectivity index (χ0) is 11.4. The Morgan fingerprint density at radius 2 is 2.00 bits per heavy atom. The largest absolute Gasteiger partial charge is 0.707 e. The van der Waals surface area contributed by atoms with Crippen molar-refractivity contribution in [3.63, 3.8) is 0 Å². The summed E-state index contributed by atoms with van der Waals surface area (Å²) in [4.78, 5) is 0. The molecule has 4 nitrogen and oxygen atoms in total. The molecule has 0 unspecified atom stereocenters. The first-order valence-corrected chi connectivity index (χ1v) is 4.48. The lowest BCUT2D eigenvalue weighted by molar-refractivity contribution is 0.230. The number of rotatable bonds is 4. The van der Waals surface area contributed by atoms with Crippen LogP contribution in [-0.2, 0) is 0 Å². The van der Waals surface area contributed by atoms with Crippen LogP contribution in [0, 0.1) is 5.82 Å². The van der Waals surface area contributed by atoms with Crippen molar-refractivity contribution in [1.82, 2.24) is 0 Å². The van der Waals surface area contributed by atoms with E-state index in [4.69, 9.17) is 14.8 Å². The molecule has 0 radical (unpaired) electrons. The minimum Gasteiger partial charge on any atom is -0.512 e. The van der Waals surface area contributed by atoms with Crippen molar-refractivity contribution >= 4 is 7.32 Å². The van der Waals surface area contributed by atoms with Gasteiger partial charge in [-0.3, -0.25) is 0 Å². The second-order valence-corrected chi connectivity index (χ2v) is 3.20. The molecule has 0 saturated carbocycles. The Kier molecular flexibility index (Phi) is 3.93. The molecule has 1 aromatic rings. The monoisotopic (exact) mass is 214 g/mol. The van der Waals surface area contributed by atoms with Crippen molar-refractivity contribution in [2.45, 2.75) is 20.0 Å². The molecule has 0 aromatic heterocycles. The quantitative estimate of drug-likeness (QED) is 0.733. The maximum atomic E-state index is 13.3. The first-order chi connectivity index (χ1) is 6.99. The highest BCUT2D eigenvalue weighted by Gasteiger charge is 2.13. The summed E-state index contributed by atoms with van der Waals surface area (Å²) in [5.41, 5.74) is 0. The van der Waals surface area contributed by atoms with E-state index in [9.17, 15) is 4.39 Å². The maximum absolute atomic E-state index is 13.3. The Balaban J connectivity index is 2.78. The van der Waals surface area contributed by atoms with Gasteiger partial charge in [-0.05, 0) is 26.0 Å². The molecule has 1 aromatic carbocycles. The van der Waals surface area contributed by atoms with Crippen molar-refractivity contribution < 1.29 is 23.8 Å². The Labute approximate surface area is 87.4 Å². The minimum atomic E-state index is -1.96. The van der Waals surface area contributed by atoms with Crippen molar-refractivity contribution in [2.24, 2.45) is 0 Å². The van der Waals surface area contributed by atoms with Gasteiger partial charge in [0.25, 0.3) is 0 Å². The van der Waals surface area contributed by atoms with Crippen LogP contribution in [0.5, 0.6) is 11.5 Å². The van der Waals surface area contributed by atoms with Crippen LogP contribution in [0.15, 0.2) is 18.2 Å². The molecule has 6 heteroatoms. The lowest BCUT2D eigenvalue weighted by atomic mass is 10.2. The zero-order valence-electron chi connectivity index (χ0n) is 8.48. The molecule has 0 aliphatic carbocycles. The molecule has 2 N–H and O–H groups in total. The molecule has 0 aliphatic heterocycles. The summed E-state index contributed by atoms with van der Waals surface area (Å²) in [6, 6.07) is 3.78. The van der Waals surface area contributed by atoms with Gasteiger partial charge in [0.1, 0.15) is 5.75 Å². The zero-order valence-corrected chi connectivity index (χ0v) is 8.48. The summed E-state index contributed by atoms with van der Waals surface area (Å²) in [6.45, 7) is 3.56. The predicted octanol–water partition coefficient (Wildman–Crippen LogP) is 0.961. The van der Waals surface area contributed by atoms with E-state index in [1.807, 2.05) is 0 Å². The van der Waals surface area contributed by atoms with E-state index in [0.717, 1.165) is 6.07 Å². The van der Waals surface area contributed by atoms with Gasteiger partial charge in [-0.1, -0.05) is 0 Å². The normalized spacial score (nSPS) is 10.3. The van der Waals surface area contributed by atoms with Gasteiger partial charge in [-0.25, -0.2) is 4.39 Å². The standard InChI is InChI=1S/C9H12BFO4/c1-6(2)14-9-4-3-7(5-8(9)11)15-10(12)13/h3-6,12-13H,1-2H3. The van der Waals surface area contributed by atoms with E-state index < -0.39 is 13.1 Å². The van der Waals surface area contributed by atoms with E-state index in [1.165, 1.54) is 12.1 Å². The summed E-state index contributed by atoms with van der Waals surface area (Å²) < 4.78 is 22.9. The predicted molar refractivity (Wildman–Crippen MR) is 53.0 cm³/mol. The van der Waals surface area contributed by atoms with Crippen molar-refractivity contribution in [2.75, 3.05) is 0 Å². The highest BCUT2D eigenvalue weighted by atomic mass is 19.1. The van der Waals surface area contributed by atoms with E-state index in [-0.39, 0.29) is 17.6 Å². The first kappa shape index (κ1) is 11.8. The minimum absolute atomic E-state index is 0.0265. The fourth-order valence-electron chi connectivity index (χ4n) is 1.03. The average molecular weight is 214 g/mol. The summed E-state index contributed by atoms with van der Waals surface area (Å²) in [5, 5.41) is 17.0. The van der Waals surface area contributed by atoms with E-state index >= 15 is 0 Å². The molecule has 0 atom stereocenters. The van der Waals surface area contributed by atoms with Crippen LogP contribution in [0.3, 0.4) is 0 Å². The molecule has 0 heterocycles. The summed E-state index contributed by atoms with van der Waals surface area (Å²) in [6.07, 6.45) is -0.130.